The van der Waals surface area contributed by atoms with E-state index in [1.807, 2.05) is 28.8 Å². The Morgan fingerprint density at radius 1 is 1.16 bits per heavy atom. The van der Waals surface area contributed by atoms with E-state index in [0.717, 1.165) is 34.6 Å². The molecule has 1 atom stereocenters. The number of nitrogens with two attached hydrogens (primary N) is 1. The lowest BCUT2D eigenvalue weighted by atomic mass is 9.89. The van der Waals surface area contributed by atoms with Crippen molar-refractivity contribution in [3.8, 4) is 17.0 Å². The van der Waals surface area contributed by atoms with Crippen LogP contribution in [0.2, 0.25) is 0 Å². The Morgan fingerprint density at radius 2 is 1.96 bits per heavy atom. The highest BCUT2D eigenvalue weighted by Crippen LogP contribution is 2.27. The number of aromatic nitrogens is 3. The number of nitrogens with zero attached hydrogens (tertiary/aromatic N) is 3. The molecule has 1 aromatic carbocycles. The van der Waals surface area contributed by atoms with Gasteiger partial charge in [0.25, 0.3) is 0 Å². The average molecular weight is 338 g/mol. The molecule has 0 amide bonds. The van der Waals surface area contributed by atoms with Gasteiger partial charge in [-0.05, 0) is 48.6 Å². The van der Waals surface area contributed by atoms with Crippen LogP contribution in [0.1, 0.15) is 32.8 Å². The van der Waals surface area contributed by atoms with E-state index < -0.39 is 0 Å². The van der Waals surface area contributed by atoms with Crippen LogP contribution in [0.25, 0.3) is 16.9 Å². The van der Waals surface area contributed by atoms with Gasteiger partial charge in [-0.15, -0.1) is 0 Å². The van der Waals surface area contributed by atoms with Gasteiger partial charge in [-0.2, -0.15) is 5.10 Å². The van der Waals surface area contributed by atoms with Gasteiger partial charge in [0.1, 0.15) is 12.4 Å². The summed E-state index contributed by atoms with van der Waals surface area (Å²) in [4.78, 5) is 4.31. The van der Waals surface area contributed by atoms with Gasteiger partial charge in [-0.25, -0.2) is 9.50 Å². The fraction of sp³-hybridized carbons (Fsp3) is 0.400. The first-order valence-electron chi connectivity index (χ1n) is 8.62. The van der Waals surface area contributed by atoms with E-state index in [4.69, 9.17) is 10.5 Å². The van der Waals surface area contributed by atoms with Crippen LogP contribution in [-0.4, -0.2) is 27.2 Å². The fourth-order valence-corrected chi connectivity index (χ4v) is 3.07. The van der Waals surface area contributed by atoms with Crippen molar-refractivity contribution in [3.63, 3.8) is 0 Å². The molecule has 0 spiro atoms. The van der Waals surface area contributed by atoms with Crippen molar-refractivity contribution >= 4 is 5.65 Å². The Labute approximate surface area is 148 Å². The van der Waals surface area contributed by atoms with Crippen molar-refractivity contribution in [1.29, 1.82) is 0 Å². The molecule has 0 bridgehead atoms. The van der Waals surface area contributed by atoms with Crippen LogP contribution in [0, 0.1) is 12.3 Å². The van der Waals surface area contributed by atoms with E-state index >= 15 is 0 Å². The maximum absolute atomic E-state index is 6.19. The van der Waals surface area contributed by atoms with Gasteiger partial charge in [-0.3, -0.25) is 0 Å². The first-order chi connectivity index (χ1) is 11.8. The number of benzene rings is 1. The van der Waals surface area contributed by atoms with E-state index in [2.05, 4.69) is 43.8 Å². The highest BCUT2D eigenvalue weighted by molar-refractivity contribution is 5.64. The Bertz CT molecular complexity index is 864. The standard InChI is InChI=1S/C20H26N4O/c1-14-11-15(17-7-9-22-19-8-10-23-24(17)19)5-6-18(14)25-13-16(21)12-20(2,3)4/h5-11,16H,12-13,21H2,1-4H3. The number of aryl methyl sites for hydroxylation is 1. The summed E-state index contributed by atoms with van der Waals surface area (Å²) in [6.07, 6.45) is 4.49. The van der Waals surface area contributed by atoms with E-state index in [0.29, 0.717) is 6.61 Å². The molecule has 25 heavy (non-hydrogen) atoms. The van der Waals surface area contributed by atoms with Gasteiger partial charge in [-0.1, -0.05) is 20.8 Å². The topological polar surface area (TPSA) is 65.4 Å². The molecule has 0 saturated heterocycles. The van der Waals surface area contributed by atoms with Crippen molar-refractivity contribution in [1.82, 2.24) is 14.6 Å². The van der Waals surface area contributed by atoms with Crippen molar-refractivity contribution in [2.24, 2.45) is 11.1 Å². The summed E-state index contributed by atoms with van der Waals surface area (Å²) in [7, 11) is 0. The number of hydrogen-bond acceptors (Lipinski definition) is 4. The molecule has 0 aliphatic carbocycles. The molecular formula is C20H26N4O. The SMILES string of the molecule is Cc1cc(-c2ccnc3ccnn23)ccc1OCC(N)CC(C)(C)C. The zero-order chi connectivity index (χ0) is 18.0. The Morgan fingerprint density at radius 3 is 2.68 bits per heavy atom. The molecule has 5 heteroatoms. The molecule has 0 aliphatic rings. The fourth-order valence-electron chi connectivity index (χ4n) is 3.07. The summed E-state index contributed by atoms with van der Waals surface area (Å²) in [5, 5.41) is 4.35. The van der Waals surface area contributed by atoms with Crippen LogP contribution in [0.4, 0.5) is 0 Å². The molecular weight excluding hydrogens is 312 g/mol. The Kier molecular flexibility index (Phi) is 4.77. The largest absolute Gasteiger partial charge is 0.492 e. The summed E-state index contributed by atoms with van der Waals surface area (Å²) >= 11 is 0. The third-order valence-corrected chi connectivity index (χ3v) is 4.09. The Balaban J connectivity index is 1.76. The van der Waals surface area contributed by atoms with Gasteiger partial charge in [0.15, 0.2) is 5.65 Å². The van der Waals surface area contributed by atoms with Crippen molar-refractivity contribution in [3.05, 3.63) is 48.3 Å². The number of ether oxygens (including phenoxy) is 1. The van der Waals surface area contributed by atoms with E-state index in [9.17, 15) is 0 Å². The number of fused-ring (bicyclic) bond motifs is 1. The predicted octanol–water partition coefficient (Wildman–Crippen LogP) is 3.85. The van der Waals surface area contributed by atoms with Crippen molar-refractivity contribution in [2.45, 2.75) is 40.2 Å². The first-order valence-corrected chi connectivity index (χ1v) is 8.62. The zero-order valence-electron chi connectivity index (χ0n) is 15.4. The van der Waals surface area contributed by atoms with Gasteiger partial charge in [0, 0.05) is 23.9 Å². The molecule has 2 aromatic heterocycles. The lowest BCUT2D eigenvalue weighted by Crippen LogP contribution is -2.32. The molecule has 3 aromatic rings. The third kappa shape index (κ3) is 4.17. The van der Waals surface area contributed by atoms with Crippen LogP contribution < -0.4 is 10.5 Å². The van der Waals surface area contributed by atoms with E-state index in [1.165, 1.54) is 0 Å². The second-order valence-corrected chi connectivity index (χ2v) is 7.75. The smallest absolute Gasteiger partial charge is 0.155 e. The number of hydrogen-bond donors (Lipinski definition) is 1. The quantitative estimate of drug-likeness (QED) is 0.767. The second-order valence-electron chi connectivity index (χ2n) is 7.75. The lowest BCUT2D eigenvalue weighted by molar-refractivity contribution is 0.240. The summed E-state index contributed by atoms with van der Waals surface area (Å²) in [6.45, 7) is 9.15. The summed E-state index contributed by atoms with van der Waals surface area (Å²) in [5.74, 6) is 0.874. The molecule has 0 aliphatic heterocycles. The molecule has 0 saturated carbocycles. The molecule has 132 valence electrons. The van der Waals surface area contributed by atoms with Crippen LogP contribution in [0.3, 0.4) is 0 Å². The average Bonchev–Trinajstić information content (AvgIpc) is 3.00. The van der Waals surface area contributed by atoms with Gasteiger partial charge in [0.05, 0.1) is 11.9 Å². The molecule has 1 unspecified atom stereocenters. The van der Waals surface area contributed by atoms with Gasteiger partial charge in [0.2, 0.25) is 0 Å². The third-order valence-electron chi connectivity index (χ3n) is 4.09. The molecule has 2 heterocycles. The highest BCUT2D eigenvalue weighted by Gasteiger charge is 2.16. The maximum Gasteiger partial charge on any atom is 0.155 e. The van der Waals surface area contributed by atoms with Crippen molar-refractivity contribution < 1.29 is 4.74 Å². The monoisotopic (exact) mass is 338 g/mol. The summed E-state index contributed by atoms with van der Waals surface area (Å²) < 4.78 is 7.79. The Hall–Kier alpha value is -2.40. The van der Waals surface area contributed by atoms with Crippen LogP contribution >= 0.6 is 0 Å². The number of rotatable bonds is 5. The first kappa shape index (κ1) is 17.4. The van der Waals surface area contributed by atoms with Gasteiger partial charge >= 0.3 is 0 Å². The molecule has 5 nitrogen and oxygen atoms in total. The maximum atomic E-state index is 6.19. The predicted molar refractivity (Wildman–Crippen MR) is 101 cm³/mol. The zero-order valence-corrected chi connectivity index (χ0v) is 15.4. The molecule has 0 fully saturated rings. The van der Waals surface area contributed by atoms with Crippen LogP contribution in [0.15, 0.2) is 42.7 Å². The molecule has 3 rings (SSSR count). The second kappa shape index (κ2) is 6.84. The van der Waals surface area contributed by atoms with E-state index in [1.54, 1.807) is 12.4 Å². The normalized spacial score (nSPS) is 13.2. The summed E-state index contributed by atoms with van der Waals surface area (Å²) in [5.41, 5.74) is 10.4. The van der Waals surface area contributed by atoms with Crippen LogP contribution in [-0.2, 0) is 0 Å². The minimum absolute atomic E-state index is 0.0305. The minimum Gasteiger partial charge on any atom is -0.492 e. The molecule has 2 N–H and O–H groups in total. The van der Waals surface area contributed by atoms with Crippen LogP contribution in [0.5, 0.6) is 5.75 Å². The molecule has 0 radical (unpaired) electrons. The highest BCUT2D eigenvalue weighted by atomic mass is 16.5. The van der Waals surface area contributed by atoms with Crippen molar-refractivity contribution in [2.75, 3.05) is 6.61 Å². The van der Waals surface area contributed by atoms with E-state index in [-0.39, 0.29) is 11.5 Å². The van der Waals surface area contributed by atoms with Gasteiger partial charge < -0.3 is 10.5 Å². The lowest BCUT2D eigenvalue weighted by Gasteiger charge is -2.23. The minimum atomic E-state index is 0.0305. The summed E-state index contributed by atoms with van der Waals surface area (Å²) in [6, 6.07) is 10.1.